The predicted molar refractivity (Wildman–Crippen MR) is 85.9 cm³/mol. The SMILES string of the molecule is CC(C)COc1ccc(C(N)=S)cc1-c1ccccn1. The molecule has 0 fully saturated rings. The number of ether oxygens (including phenoxy) is 1. The lowest BCUT2D eigenvalue weighted by Crippen LogP contribution is -2.10. The molecule has 0 radical (unpaired) electrons. The summed E-state index contributed by atoms with van der Waals surface area (Å²) in [6.07, 6.45) is 1.76. The van der Waals surface area contributed by atoms with Crippen LogP contribution in [-0.2, 0) is 0 Å². The minimum absolute atomic E-state index is 0.373. The number of thiocarbonyl (C=S) groups is 1. The molecule has 1 aromatic heterocycles. The van der Waals surface area contributed by atoms with E-state index in [9.17, 15) is 0 Å². The molecule has 4 heteroatoms. The highest BCUT2D eigenvalue weighted by Gasteiger charge is 2.10. The van der Waals surface area contributed by atoms with E-state index in [4.69, 9.17) is 22.7 Å². The van der Waals surface area contributed by atoms with Gasteiger partial charge in [0.15, 0.2) is 0 Å². The molecule has 2 aromatic rings. The second kappa shape index (κ2) is 6.48. The molecule has 1 heterocycles. The minimum Gasteiger partial charge on any atom is -0.493 e. The molecule has 1 aromatic carbocycles. The van der Waals surface area contributed by atoms with E-state index in [1.54, 1.807) is 6.20 Å². The number of pyridine rings is 1. The van der Waals surface area contributed by atoms with Crippen LogP contribution in [-0.4, -0.2) is 16.6 Å². The van der Waals surface area contributed by atoms with Gasteiger partial charge in [-0.1, -0.05) is 32.1 Å². The molecule has 0 amide bonds. The highest BCUT2D eigenvalue weighted by molar-refractivity contribution is 7.80. The molecule has 0 saturated heterocycles. The maximum atomic E-state index is 5.86. The van der Waals surface area contributed by atoms with Crippen LogP contribution in [0.5, 0.6) is 5.75 Å². The van der Waals surface area contributed by atoms with Gasteiger partial charge in [0, 0.05) is 17.3 Å². The van der Waals surface area contributed by atoms with Gasteiger partial charge in [0.05, 0.1) is 12.3 Å². The molecule has 20 heavy (non-hydrogen) atoms. The van der Waals surface area contributed by atoms with E-state index in [0.717, 1.165) is 22.6 Å². The van der Waals surface area contributed by atoms with Crippen LogP contribution >= 0.6 is 12.2 Å². The molecule has 0 aliphatic heterocycles. The van der Waals surface area contributed by atoms with Crippen LogP contribution in [0.1, 0.15) is 19.4 Å². The van der Waals surface area contributed by atoms with Crippen molar-refractivity contribution < 1.29 is 4.74 Å². The number of hydrogen-bond donors (Lipinski definition) is 1. The molecule has 0 saturated carbocycles. The Bertz CT molecular complexity index is 597. The fourth-order valence-corrected chi connectivity index (χ4v) is 1.91. The topological polar surface area (TPSA) is 48.1 Å². The fraction of sp³-hybridized carbons (Fsp3) is 0.250. The number of rotatable bonds is 5. The van der Waals surface area contributed by atoms with Gasteiger partial charge in [-0.2, -0.15) is 0 Å². The van der Waals surface area contributed by atoms with Crippen LogP contribution in [0.4, 0.5) is 0 Å². The van der Waals surface area contributed by atoms with E-state index in [1.165, 1.54) is 0 Å². The average molecular weight is 286 g/mol. The normalized spacial score (nSPS) is 10.6. The molecule has 0 aliphatic rings. The van der Waals surface area contributed by atoms with Gasteiger partial charge in [-0.15, -0.1) is 0 Å². The Balaban J connectivity index is 2.43. The maximum absolute atomic E-state index is 5.86. The first kappa shape index (κ1) is 14.5. The number of aromatic nitrogens is 1. The van der Waals surface area contributed by atoms with Crippen molar-refractivity contribution in [1.29, 1.82) is 0 Å². The van der Waals surface area contributed by atoms with Crippen molar-refractivity contribution in [2.45, 2.75) is 13.8 Å². The van der Waals surface area contributed by atoms with E-state index in [2.05, 4.69) is 18.8 Å². The summed E-state index contributed by atoms with van der Waals surface area (Å²) in [7, 11) is 0. The highest BCUT2D eigenvalue weighted by Crippen LogP contribution is 2.30. The third-order valence-electron chi connectivity index (χ3n) is 2.78. The molecule has 2 N–H and O–H groups in total. The van der Waals surface area contributed by atoms with Crippen LogP contribution in [0.25, 0.3) is 11.3 Å². The second-order valence-corrected chi connectivity index (χ2v) is 5.43. The third-order valence-corrected chi connectivity index (χ3v) is 3.01. The Kier molecular flexibility index (Phi) is 4.69. The van der Waals surface area contributed by atoms with Crippen molar-refractivity contribution in [2.24, 2.45) is 11.7 Å². The lowest BCUT2D eigenvalue weighted by atomic mass is 10.1. The molecule has 3 nitrogen and oxygen atoms in total. The molecule has 0 aliphatic carbocycles. The molecule has 0 atom stereocenters. The molecule has 0 bridgehead atoms. The van der Waals surface area contributed by atoms with Gasteiger partial charge in [-0.3, -0.25) is 4.98 Å². The molecular weight excluding hydrogens is 268 g/mol. The predicted octanol–water partition coefficient (Wildman–Crippen LogP) is 3.42. The van der Waals surface area contributed by atoms with Crippen molar-refractivity contribution in [3.8, 4) is 17.0 Å². The van der Waals surface area contributed by atoms with Crippen LogP contribution in [0.3, 0.4) is 0 Å². The van der Waals surface area contributed by atoms with E-state index < -0.39 is 0 Å². The summed E-state index contributed by atoms with van der Waals surface area (Å²) < 4.78 is 5.86. The van der Waals surface area contributed by atoms with Crippen molar-refractivity contribution in [3.05, 3.63) is 48.2 Å². The van der Waals surface area contributed by atoms with Gasteiger partial charge in [0.25, 0.3) is 0 Å². The van der Waals surface area contributed by atoms with Gasteiger partial charge in [0.1, 0.15) is 10.7 Å². The number of nitrogens with two attached hydrogens (primary N) is 1. The largest absolute Gasteiger partial charge is 0.493 e. The van der Waals surface area contributed by atoms with Crippen molar-refractivity contribution >= 4 is 17.2 Å². The van der Waals surface area contributed by atoms with E-state index in [-0.39, 0.29) is 0 Å². The van der Waals surface area contributed by atoms with E-state index in [1.807, 2.05) is 36.4 Å². The van der Waals surface area contributed by atoms with Gasteiger partial charge in [-0.05, 0) is 36.2 Å². The Morgan fingerprint density at radius 1 is 1.30 bits per heavy atom. The Labute approximate surface area is 124 Å². The van der Waals surface area contributed by atoms with Crippen LogP contribution < -0.4 is 10.5 Å². The number of benzene rings is 1. The summed E-state index contributed by atoms with van der Waals surface area (Å²) >= 11 is 5.04. The smallest absolute Gasteiger partial charge is 0.128 e. The zero-order valence-corrected chi connectivity index (χ0v) is 12.5. The first-order valence-electron chi connectivity index (χ1n) is 6.56. The second-order valence-electron chi connectivity index (χ2n) is 5.00. The first-order valence-corrected chi connectivity index (χ1v) is 6.97. The van der Waals surface area contributed by atoms with Crippen molar-refractivity contribution in [3.63, 3.8) is 0 Å². The lowest BCUT2D eigenvalue weighted by molar-refractivity contribution is 0.272. The van der Waals surface area contributed by atoms with Crippen molar-refractivity contribution in [1.82, 2.24) is 4.98 Å². The Hall–Kier alpha value is -1.94. The average Bonchev–Trinajstić information content (AvgIpc) is 2.45. The van der Waals surface area contributed by atoms with Crippen LogP contribution in [0.15, 0.2) is 42.6 Å². The lowest BCUT2D eigenvalue weighted by Gasteiger charge is -2.14. The van der Waals surface area contributed by atoms with Crippen molar-refractivity contribution in [2.75, 3.05) is 6.61 Å². The molecular formula is C16H18N2OS. The third kappa shape index (κ3) is 3.54. The van der Waals surface area contributed by atoms with Gasteiger partial charge < -0.3 is 10.5 Å². The van der Waals surface area contributed by atoms with Gasteiger partial charge in [-0.25, -0.2) is 0 Å². The standard InChI is InChI=1S/C16H18N2OS/c1-11(2)10-19-15-7-6-12(16(17)20)9-13(15)14-5-3-4-8-18-14/h3-9,11H,10H2,1-2H3,(H2,17,20). The number of nitrogens with zero attached hydrogens (tertiary/aromatic N) is 1. The Morgan fingerprint density at radius 3 is 2.70 bits per heavy atom. The fourth-order valence-electron chi connectivity index (χ4n) is 1.79. The van der Waals surface area contributed by atoms with Crippen LogP contribution in [0, 0.1) is 5.92 Å². The minimum atomic E-state index is 0.373. The summed E-state index contributed by atoms with van der Waals surface area (Å²) in [6, 6.07) is 11.5. The molecule has 0 spiro atoms. The van der Waals surface area contributed by atoms with Crippen LogP contribution in [0.2, 0.25) is 0 Å². The zero-order valence-electron chi connectivity index (χ0n) is 11.7. The summed E-state index contributed by atoms with van der Waals surface area (Å²) in [4.78, 5) is 4.75. The summed E-state index contributed by atoms with van der Waals surface area (Å²) in [5.74, 6) is 1.26. The summed E-state index contributed by atoms with van der Waals surface area (Å²) in [5, 5.41) is 0. The zero-order chi connectivity index (χ0) is 14.5. The summed E-state index contributed by atoms with van der Waals surface area (Å²) in [6.45, 7) is 4.89. The van der Waals surface area contributed by atoms with E-state index >= 15 is 0 Å². The summed E-state index contributed by atoms with van der Waals surface area (Å²) in [5.41, 5.74) is 8.29. The molecule has 2 rings (SSSR count). The monoisotopic (exact) mass is 286 g/mol. The molecule has 0 unspecified atom stereocenters. The first-order chi connectivity index (χ1) is 9.58. The number of hydrogen-bond acceptors (Lipinski definition) is 3. The maximum Gasteiger partial charge on any atom is 0.128 e. The molecule has 104 valence electrons. The van der Waals surface area contributed by atoms with E-state index in [0.29, 0.717) is 17.5 Å². The Morgan fingerprint density at radius 2 is 2.10 bits per heavy atom. The van der Waals surface area contributed by atoms with Gasteiger partial charge in [0.2, 0.25) is 0 Å². The quantitative estimate of drug-likeness (QED) is 0.856. The highest BCUT2D eigenvalue weighted by atomic mass is 32.1. The van der Waals surface area contributed by atoms with Gasteiger partial charge >= 0.3 is 0 Å².